The number of nitrogens with one attached hydrogen (secondary N) is 1. The molecule has 3 aromatic rings. The lowest BCUT2D eigenvalue weighted by atomic mass is 9.98. The van der Waals surface area contributed by atoms with Gasteiger partial charge in [-0.1, -0.05) is 56.0 Å². The Morgan fingerprint density at radius 1 is 1.04 bits per heavy atom. The molecule has 0 saturated heterocycles. The molecule has 3 N–H and O–H groups in total. The lowest BCUT2D eigenvalue weighted by Crippen LogP contribution is -2.12. The number of nitrogens with two attached hydrogens (primary N) is 1. The number of anilines is 1. The summed E-state index contributed by atoms with van der Waals surface area (Å²) in [4.78, 5) is 12.7. The zero-order chi connectivity index (χ0) is 19.3. The van der Waals surface area contributed by atoms with E-state index in [-0.39, 0.29) is 5.91 Å². The highest BCUT2D eigenvalue weighted by Gasteiger charge is 2.15. The number of rotatable bonds is 5. The number of hydrogen-bond donors (Lipinski definition) is 2. The first-order valence-electron chi connectivity index (χ1n) is 9.88. The molecular formula is C24H25N3O. The van der Waals surface area contributed by atoms with Crippen molar-refractivity contribution in [3.8, 4) is 0 Å². The molecule has 142 valence electrons. The maximum atomic E-state index is 12.7. The molecule has 0 atom stereocenters. The molecule has 3 aromatic carbocycles. The minimum absolute atomic E-state index is 0.0903. The third kappa shape index (κ3) is 4.22. The molecule has 1 aliphatic carbocycles. The van der Waals surface area contributed by atoms with Gasteiger partial charge < -0.3 is 11.2 Å². The smallest absolute Gasteiger partial charge is 0.255 e. The van der Waals surface area contributed by atoms with Crippen LogP contribution in [0.4, 0.5) is 5.69 Å². The molecule has 4 nitrogen and oxygen atoms in total. The van der Waals surface area contributed by atoms with Crippen molar-refractivity contribution < 1.29 is 4.79 Å². The van der Waals surface area contributed by atoms with Crippen LogP contribution >= 0.6 is 0 Å². The normalized spacial score (nSPS) is 14.7. The standard InChI is InChI=1S/C24H25N3O/c25-26-16-19-8-9-21-15-22(11-10-20(21)13-19)24(28)27-23-7-3-6-18(14-23)12-17-4-1-2-5-17/h3,6-11,13-17H,1-2,4-5,12,25H2,(H,27,28). The van der Waals surface area contributed by atoms with E-state index in [1.807, 2.05) is 48.5 Å². The maximum absolute atomic E-state index is 12.7. The van der Waals surface area contributed by atoms with Gasteiger partial charge in [0, 0.05) is 11.3 Å². The van der Waals surface area contributed by atoms with E-state index in [9.17, 15) is 4.79 Å². The van der Waals surface area contributed by atoms with Crippen LogP contribution < -0.4 is 11.2 Å². The number of hydrogen-bond acceptors (Lipinski definition) is 3. The van der Waals surface area contributed by atoms with Gasteiger partial charge in [0.2, 0.25) is 0 Å². The van der Waals surface area contributed by atoms with Crippen LogP contribution in [0.1, 0.15) is 47.2 Å². The summed E-state index contributed by atoms with van der Waals surface area (Å²) in [7, 11) is 0. The quantitative estimate of drug-likeness (QED) is 0.371. The van der Waals surface area contributed by atoms with Crippen molar-refractivity contribution in [2.45, 2.75) is 32.1 Å². The number of carbonyl (C=O) groups is 1. The second kappa shape index (κ2) is 8.26. The highest BCUT2D eigenvalue weighted by molar-refractivity contribution is 6.06. The molecule has 0 bridgehead atoms. The summed E-state index contributed by atoms with van der Waals surface area (Å²) in [5, 5.41) is 8.66. The Hall–Kier alpha value is -3.14. The van der Waals surface area contributed by atoms with Crippen LogP contribution in [0.15, 0.2) is 65.8 Å². The van der Waals surface area contributed by atoms with Crippen LogP contribution in [0.2, 0.25) is 0 Å². The van der Waals surface area contributed by atoms with E-state index in [1.54, 1.807) is 6.21 Å². The van der Waals surface area contributed by atoms with E-state index >= 15 is 0 Å². The van der Waals surface area contributed by atoms with Gasteiger partial charge in [-0.3, -0.25) is 4.79 Å². The van der Waals surface area contributed by atoms with Crippen molar-refractivity contribution in [1.29, 1.82) is 0 Å². The Morgan fingerprint density at radius 3 is 2.64 bits per heavy atom. The average Bonchev–Trinajstić information content (AvgIpc) is 3.21. The zero-order valence-corrected chi connectivity index (χ0v) is 15.9. The Morgan fingerprint density at radius 2 is 1.82 bits per heavy atom. The van der Waals surface area contributed by atoms with Crippen molar-refractivity contribution in [1.82, 2.24) is 0 Å². The molecule has 4 heteroatoms. The Labute approximate surface area is 165 Å². The van der Waals surface area contributed by atoms with Crippen molar-refractivity contribution in [2.75, 3.05) is 5.32 Å². The number of benzene rings is 3. The summed E-state index contributed by atoms with van der Waals surface area (Å²) in [5.41, 5.74) is 3.74. The fourth-order valence-electron chi connectivity index (χ4n) is 4.10. The Kier molecular flexibility index (Phi) is 5.38. The van der Waals surface area contributed by atoms with Crippen LogP contribution in [0.5, 0.6) is 0 Å². The molecule has 1 aliphatic rings. The summed E-state index contributed by atoms with van der Waals surface area (Å²) in [5.74, 6) is 5.92. The minimum Gasteiger partial charge on any atom is -0.323 e. The van der Waals surface area contributed by atoms with Gasteiger partial charge in [-0.2, -0.15) is 5.10 Å². The van der Waals surface area contributed by atoms with Gasteiger partial charge in [0.25, 0.3) is 5.91 Å². The van der Waals surface area contributed by atoms with E-state index in [0.717, 1.165) is 34.4 Å². The van der Waals surface area contributed by atoms with Crippen LogP contribution in [0.3, 0.4) is 0 Å². The third-order valence-electron chi connectivity index (χ3n) is 5.53. The van der Waals surface area contributed by atoms with Crippen LogP contribution in [-0.2, 0) is 6.42 Å². The highest BCUT2D eigenvalue weighted by atomic mass is 16.1. The highest BCUT2D eigenvalue weighted by Crippen LogP contribution is 2.28. The van der Waals surface area contributed by atoms with Gasteiger partial charge in [0.05, 0.1) is 6.21 Å². The first-order chi connectivity index (χ1) is 13.7. The van der Waals surface area contributed by atoms with Crippen molar-refractivity contribution in [3.63, 3.8) is 0 Å². The largest absolute Gasteiger partial charge is 0.323 e. The summed E-state index contributed by atoms with van der Waals surface area (Å²) >= 11 is 0. The Bertz CT molecular complexity index is 1020. The summed E-state index contributed by atoms with van der Waals surface area (Å²) in [6.45, 7) is 0. The van der Waals surface area contributed by atoms with Crippen LogP contribution in [0, 0.1) is 5.92 Å². The number of hydrazone groups is 1. The fourth-order valence-corrected chi connectivity index (χ4v) is 4.10. The van der Waals surface area contributed by atoms with Crippen molar-refractivity contribution >= 4 is 28.6 Å². The topological polar surface area (TPSA) is 67.5 Å². The minimum atomic E-state index is -0.0903. The maximum Gasteiger partial charge on any atom is 0.255 e. The summed E-state index contributed by atoms with van der Waals surface area (Å²) in [6, 6.07) is 19.9. The third-order valence-corrected chi connectivity index (χ3v) is 5.53. The lowest BCUT2D eigenvalue weighted by Gasteiger charge is -2.11. The molecule has 0 aromatic heterocycles. The number of nitrogens with zero attached hydrogens (tertiary/aromatic N) is 1. The predicted octanol–water partition coefficient (Wildman–Crippen LogP) is 5.12. The second-order valence-corrected chi connectivity index (χ2v) is 7.61. The Balaban J connectivity index is 1.49. The summed E-state index contributed by atoms with van der Waals surface area (Å²) < 4.78 is 0. The monoisotopic (exact) mass is 371 g/mol. The second-order valence-electron chi connectivity index (χ2n) is 7.61. The van der Waals surface area contributed by atoms with Crippen molar-refractivity contribution in [2.24, 2.45) is 16.9 Å². The van der Waals surface area contributed by atoms with Crippen LogP contribution in [0.25, 0.3) is 10.8 Å². The molecule has 0 heterocycles. The molecule has 28 heavy (non-hydrogen) atoms. The first kappa shape index (κ1) is 18.2. The molecule has 1 fully saturated rings. The molecular weight excluding hydrogens is 346 g/mol. The SMILES string of the molecule is NN=Cc1ccc2cc(C(=O)Nc3cccc(CC4CCCC4)c3)ccc2c1. The average molecular weight is 371 g/mol. The molecule has 0 spiro atoms. The van der Waals surface area contributed by atoms with E-state index in [1.165, 1.54) is 31.2 Å². The number of fused-ring (bicyclic) bond motifs is 1. The zero-order valence-electron chi connectivity index (χ0n) is 15.9. The van der Waals surface area contributed by atoms with Crippen LogP contribution in [-0.4, -0.2) is 12.1 Å². The van der Waals surface area contributed by atoms with Crippen molar-refractivity contribution in [3.05, 3.63) is 77.4 Å². The van der Waals surface area contributed by atoms with Gasteiger partial charge >= 0.3 is 0 Å². The first-order valence-corrected chi connectivity index (χ1v) is 9.88. The van der Waals surface area contributed by atoms with Gasteiger partial charge in [-0.25, -0.2) is 0 Å². The number of amides is 1. The molecule has 4 rings (SSSR count). The van der Waals surface area contributed by atoms with E-state index in [2.05, 4.69) is 22.6 Å². The van der Waals surface area contributed by atoms with E-state index < -0.39 is 0 Å². The molecule has 0 unspecified atom stereocenters. The van der Waals surface area contributed by atoms with E-state index in [0.29, 0.717) is 5.56 Å². The fraction of sp³-hybridized carbons (Fsp3) is 0.250. The molecule has 0 aliphatic heterocycles. The molecule has 1 saturated carbocycles. The lowest BCUT2D eigenvalue weighted by molar-refractivity contribution is 0.102. The van der Waals surface area contributed by atoms with Gasteiger partial charge in [-0.05, 0) is 64.6 Å². The van der Waals surface area contributed by atoms with Gasteiger partial charge in [0.1, 0.15) is 0 Å². The van der Waals surface area contributed by atoms with Gasteiger partial charge in [0.15, 0.2) is 0 Å². The summed E-state index contributed by atoms with van der Waals surface area (Å²) in [6.07, 6.45) is 8.07. The van der Waals surface area contributed by atoms with Gasteiger partial charge in [-0.15, -0.1) is 0 Å². The number of carbonyl (C=O) groups excluding carboxylic acids is 1. The molecule has 0 radical (unpaired) electrons. The predicted molar refractivity (Wildman–Crippen MR) is 116 cm³/mol. The van der Waals surface area contributed by atoms with E-state index in [4.69, 9.17) is 5.84 Å². The molecule has 1 amide bonds.